The van der Waals surface area contributed by atoms with Crippen LogP contribution in [0.25, 0.3) is 0 Å². The Kier molecular flexibility index (Phi) is 6.76. The minimum Gasteiger partial charge on any atom is -0.497 e. The minimum absolute atomic E-state index is 0.176. The number of rotatable bonds is 5. The predicted molar refractivity (Wildman–Crippen MR) is 117 cm³/mol. The molecule has 0 bridgehead atoms. The van der Waals surface area contributed by atoms with Crippen molar-refractivity contribution in [3.8, 4) is 5.75 Å². The number of ether oxygens (including phenoxy) is 1. The summed E-state index contributed by atoms with van der Waals surface area (Å²) in [6.45, 7) is 3.09. The van der Waals surface area contributed by atoms with Gasteiger partial charge in [-0.15, -0.1) is 0 Å². The molecular formula is C23H29N5O3. The lowest BCUT2D eigenvalue weighted by Crippen LogP contribution is -2.52. The highest BCUT2D eigenvalue weighted by Crippen LogP contribution is 2.24. The molecule has 8 nitrogen and oxygen atoms in total. The van der Waals surface area contributed by atoms with Crippen molar-refractivity contribution >= 4 is 17.6 Å². The molecule has 2 heterocycles. The van der Waals surface area contributed by atoms with Crippen molar-refractivity contribution in [3.05, 3.63) is 47.9 Å². The van der Waals surface area contributed by atoms with E-state index in [1.54, 1.807) is 31.4 Å². The Balaban J connectivity index is 1.40. The highest BCUT2D eigenvalue weighted by Gasteiger charge is 2.29. The first kappa shape index (κ1) is 21.2. The van der Waals surface area contributed by atoms with Gasteiger partial charge >= 0.3 is 0 Å². The van der Waals surface area contributed by atoms with E-state index in [1.165, 1.54) is 44.5 Å². The molecule has 1 aliphatic heterocycles. The second-order valence-corrected chi connectivity index (χ2v) is 8.06. The molecule has 1 N–H and O–H groups in total. The van der Waals surface area contributed by atoms with Crippen LogP contribution in [0.4, 0.5) is 5.82 Å². The summed E-state index contributed by atoms with van der Waals surface area (Å²) in [5, 5.41) is 2.73. The van der Waals surface area contributed by atoms with E-state index >= 15 is 0 Å². The zero-order valence-electron chi connectivity index (χ0n) is 17.9. The zero-order valence-corrected chi connectivity index (χ0v) is 17.9. The Bertz CT molecular complexity index is 904. The van der Waals surface area contributed by atoms with Crippen LogP contribution in [0.2, 0.25) is 0 Å². The van der Waals surface area contributed by atoms with Crippen LogP contribution in [0.5, 0.6) is 5.75 Å². The van der Waals surface area contributed by atoms with Crippen molar-refractivity contribution < 1.29 is 14.3 Å². The van der Waals surface area contributed by atoms with Gasteiger partial charge in [0, 0.05) is 50.2 Å². The molecule has 1 saturated carbocycles. The standard InChI is InChI=1S/C23H29N5O3/c1-31-19-9-7-17(8-10-19)22(29)26-21-20(24-11-12-25-21)23(30)28-15-13-27(14-16-28)18-5-3-2-4-6-18/h7-12,18H,2-6,13-16H2,1H3,(H,25,26,29). The molecule has 2 aromatic rings. The number of piperazine rings is 1. The van der Waals surface area contributed by atoms with Crippen LogP contribution in [-0.2, 0) is 0 Å². The summed E-state index contributed by atoms with van der Waals surface area (Å²) >= 11 is 0. The summed E-state index contributed by atoms with van der Waals surface area (Å²) in [5.41, 5.74) is 0.626. The average Bonchev–Trinajstić information content (AvgIpc) is 2.84. The Morgan fingerprint density at radius 2 is 1.65 bits per heavy atom. The summed E-state index contributed by atoms with van der Waals surface area (Å²) in [5.74, 6) is 0.308. The van der Waals surface area contributed by atoms with Crippen molar-refractivity contribution in [1.29, 1.82) is 0 Å². The maximum absolute atomic E-state index is 13.1. The molecule has 0 unspecified atom stereocenters. The van der Waals surface area contributed by atoms with E-state index in [2.05, 4.69) is 20.2 Å². The molecule has 0 radical (unpaired) electrons. The van der Waals surface area contributed by atoms with Gasteiger partial charge in [0.15, 0.2) is 11.5 Å². The van der Waals surface area contributed by atoms with E-state index in [1.807, 2.05) is 4.90 Å². The highest BCUT2D eigenvalue weighted by atomic mass is 16.5. The summed E-state index contributed by atoms with van der Waals surface area (Å²) < 4.78 is 5.12. The van der Waals surface area contributed by atoms with Gasteiger partial charge in [0.2, 0.25) is 0 Å². The van der Waals surface area contributed by atoms with E-state index < -0.39 is 0 Å². The van der Waals surface area contributed by atoms with Crippen molar-refractivity contribution in [2.75, 3.05) is 38.6 Å². The Labute approximate surface area is 182 Å². The summed E-state index contributed by atoms with van der Waals surface area (Å²) in [6.07, 6.45) is 9.43. The summed E-state index contributed by atoms with van der Waals surface area (Å²) in [4.78, 5) is 38.5. The predicted octanol–water partition coefficient (Wildman–Crippen LogP) is 2.83. The molecule has 1 saturated heterocycles. The summed E-state index contributed by atoms with van der Waals surface area (Å²) in [6, 6.07) is 7.40. The SMILES string of the molecule is COc1ccc(C(=O)Nc2nccnc2C(=O)N2CCN(C3CCCCC3)CC2)cc1. The molecule has 4 rings (SSSR count). The third-order valence-corrected chi connectivity index (χ3v) is 6.18. The van der Waals surface area contributed by atoms with Crippen molar-refractivity contribution in [1.82, 2.24) is 19.8 Å². The van der Waals surface area contributed by atoms with Gasteiger partial charge in [0.05, 0.1) is 7.11 Å². The zero-order chi connectivity index (χ0) is 21.6. The second kappa shape index (κ2) is 9.87. The number of hydrogen-bond donors (Lipinski definition) is 1. The Hall–Kier alpha value is -3.00. The quantitative estimate of drug-likeness (QED) is 0.796. The number of anilines is 1. The number of amides is 2. The normalized spacial score (nSPS) is 17.9. The van der Waals surface area contributed by atoms with E-state index in [0.29, 0.717) is 30.4 Å². The fraction of sp³-hybridized carbons (Fsp3) is 0.478. The van der Waals surface area contributed by atoms with Crippen LogP contribution in [0, 0.1) is 0 Å². The van der Waals surface area contributed by atoms with Crippen molar-refractivity contribution in [2.45, 2.75) is 38.1 Å². The second-order valence-electron chi connectivity index (χ2n) is 8.06. The first-order valence-corrected chi connectivity index (χ1v) is 11.0. The van der Waals surface area contributed by atoms with E-state index in [4.69, 9.17) is 4.74 Å². The lowest BCUT2D eigenvalue weighted by Gasteiger charge is -2.40. The fourth-order valence-corrected chi connectivity index (χ4v) is 4.39. The van der Waals surface area contributed by atoms with Crippen LogP contribution in [0.3, 0.4) is 0 Å². The van der Waals surface area contributed by atoms with Gasteiger partial charge in [-0.2, -0.15) is 0 Å². The Morgan fingerprint density at radius 3 is 2.32 bits per heavy atom. The molecule has 2 amide bonds. The molecule has 164 valence electrons. The first-order chi connectivity index (χ1) is 15.2. The van der Waals surface area contributed by atoms with Crippen LogP contribution >= 0.6 is 0 Å². The maximum Gasteiger partial charge on any atom is 0.276 e. The van der Waals surface area contributed by atoms with Crippen LogP contribution in [-0.4, -0.2) is 70.9 Å². The molecule has 1 aliphatic carbocycles. The maximum atomic E-state index is 13.1. The molecular weight excluding hydrogens is 394 g/mol. The number of hydrogen-bond acceptors (Lipinski definition) is 6. The smallest absolute Gasteiger partial charge is 0.276 e. The van der Waals surface area contributed by atoms with E-state index in [0.717, 1.165) is 13.1 Å². The summed E-state index contributed by atoms with van der Waals surface area (Å²) in [7, 11) is 1.57. The molecule has 1 aromatic carbocycles. The topological polar surface area (TPSA) is 87.7 Å². The van der Waals surface area contributed by atoms with Gasteiger partial charge in [-0.3, -0.25) is 14.5 Å². The van der Waals surface area contributed by atoms with Crippen molar-refractivity contribution in [3.63, 3.8) is 0 Å². The molecule has 0 spiro atoms. The average molecular weight is 424 g/mol. The molecule has 8 heteroatoms. The Morgan fingerprint density at radius 1 is 0.968 bits per heavy atom. The van der Waals surface area contributed by atoms with Crippen LogP contribution < -0.4 is 10.1 Å². The molecule has 2 fully saturated rings. The van der Waals surface area contributed by atoms with Gasteiger partial charge in [-0.05, 0) is 37.1 Å². The third kappa shape index (κ3) is 5.02. The lowest BCUT2D eigenvalue weighted by molar-refractivity contribution is 0.0519. The third-order valence-electron chi connectivity index (χ3n) is 6.18. The minimum atomic E-state index is -0.348. The molecule has 2 aliphatic rings. The highest BCUT2D eigenvalue weighted by molar-refractivity contribution is 6.07. The van der Waals surface area contributed by atoms with E-state index in [-0.39, 0.29) is 23.3 Å². The monoisotopic (exact) mass is 423 g/mol. The lowest BCUT2D eigenvalue weighted by atomic mass is 9.94. The van der Waals surface area contributed by atoms with Gasteiger partial charge in [-0.1, -0.05) is 19.3 Å². The number of carbonyl (C=O) groups is 2. The van der Waals surface area contributed by atoms with Crippen LogP contribution in [0.1, 0.15) is 53.0 Å². The number of aromatic nitrogens is 2. The number of methoxy groups -OCH3 is 1. The van der Waals surface area contributed by atoms with Crippen molar-refractivity contribution in [2.24, 2.45) is 0 Å². The number of benzene rings is 1. The van der Waals surface area contributed by atoms with Gasteiger partial charge < -0.3 is 15.0 Å². The fourth-order valence-electron chi connectivity index (χ4n) is 4.39. The number of nitrogens with one attached hydrogen (secondary N) is 1. The van der Waals surface area contributed by atoms with Crippen LogP contribution in [0.15, 0.2) is 36.7 Å². The number of carbonyl (C=O) groups excluding carboxylic acids is 2. The number of nitrogens with zero attached hydrogens (tertiary/aromatic N) is 4. The largest absolute Gasteiger partial charge is 0.497 e. The molecule has 31 heavy (non-hydrogen) atoms. The van der Waals surface area contributed by atoms with Gasteiger partial charge in [0.25, 0.3) is 11.8 Å². The van der Waals surface area contributed by atoms with E-state index in [9.17, 15) is 9.59 Å². The molecule has 1 aromatic heterocycles. The first-order valence-electron chi connectivity index (χ1n) is 11.0. The van der Waals surface area contributed by atoms with Gasteiger partial charge in [-0.25, -0.2) is 9.97 Å². The van der Waals surface area contributed by atoms with Gasteiger partial charge in [0.1, 0.15) is 5.75 Å². The molecule has 0 atom stereocenters.